The minimum atomic E-state index is 0.858. The van der Waals surface area contributed by atoms with Crippen molar-refractivity contribution in [2.45, 2.75) is 39.2 Å². The van der Waals surface area contributed by atoms with E-state index >= 15 is 0 Å². The van der Waals surface area contributed by atoms with Gasteiger partial charge in [0.15, 0.2) is 4.77 Å². The Hall–Kier alpha value is -0.220. The van der Waals surface area contributed by atoms with Crippen molar-refractivity contribution < 1.29 is 0 Å². The van der Waals surface area contributed by atoms with Crippen molar-refractivity contribution in [2.75, 3.05) is 12.0 Å². The summed E-state index contributed by atoms with van der Waals surface area (Å²) in [5, 5.41) is 0. The molecule has 0 bridgehead atoms. The number of imidazole rings is 1. The molecule has 2 nitrogen and oxygen atoms in total. The summed E-state index contributed by atoms with van der Waals surface area (Å²) in [6, 6.07) is 0. The summed E-state index contributed by atoms with van der Waals surface area (Å²) in [5.74, 6) is 1.29. The van der Waals surface area contributed by atoms with E-state index in [9.17, 15) is 0 Å². The Balaban J connectivity index is 2.15. The fraction of sp³-hybridized carbons (Fsp3) is 0.727. The molecule has 0 fully saturated rings. The van der Waals surface area contributed by atoms with Gasteiger partial charge in [0.25, 0.3) is 0 Å². The lowest BCUT2D eigenvalue weighted by molar-refractivity contribution is 0.579. The molecule has 0 aliphatic carbocycles. The summed E-state index contributed by atoms with van der Waals surface area (Å²) >= 11 is 7.13. The number of aromatic amines is 1. The Bertz CT molecular complexity index is 328. The number of hydrogen-bond donors (Lipinski definition) is 1. The molecule has 0 aromatic carbocycles. The molecule has 1 heterocycles. The lowest BCUT2D eigenvalue weighted by atomic mass is 10.2. The van der Waals surface area contributed by atoms with E-state index in [2.05, 4.69) is 22.0 Å². The molecule has 0 aliphatic heterocycles. The first kappa shape index (κ1) is 12.8. The van der Waals surface area contributed by atoms with Gasteiger partial charge in [-0.3, -0.25) is 0 Å². The minimum absolute atomic E-state index is 0.858. The monoisotopic (exact) mass is 244 g/mol. The van der Waals surface area contributed by atoms with E-state index in [-0.39, 0.29) is 0 Å². The molecular formula is C11H20N2S2. The number of rotatable bonds is 7. The van der Waals surface area contributed by atoms with Crippen LogP contribution in [-0.4, -0.2) is 21.6 Å². The Morgan fingerprint density at radius 1 is 1.33 bits per heavy atom. The van der Waals surface area contributed by atoms with Crippen LogP contribution in [0.25, 0.3) is 0 Å². The third-order valence-corrected chi connectivity index (χ3v) is 3.45. The van der Waals surface area contributed by atoms with Gasteiger partial charge < -0.3 is 9.55 Å². The average molecular weight is 244 g/mol. The lowest BCUT2D eigenvalue weighted by Crippen LogP contribution is -1.96. The van der Waals surface area contributed by atoms with Crippen molar-refractivity contribution in [1.29, 1.82) is 0 Å². The standard InChI is InChI=1S/C11H20N2S2/c1-10-9-13(11(14)12-10)7-5-3-4-6-8-15-2/h9H,3-8H2,1-2H3,(H,12,14). The zero-order valence-corrected chi connectivity index (χ0v) is 11.2. The normalized spacial score (nSPS) is 10.8. The number of unbranched alkanes of at least 4 members (excludes halogenated alkanes) is 3. The van der Waals surface area contributed by atoms with E-state index in [1.807, 2.05) is 18.7 Å². The highest BCUT2D eigenvalue weighted by atomic mass is 32.2. The van der Waals surface area contributed by atoms with Crippen molar-refractivity contribution in [1.82, 2.24) is 9.55 Å². The molecule has 0 radical (unpaired) electrons. The third kappa shape index (κ3) is 4.89. The number of nitrogens with one attached hydrogen (secondary N) is 1. The number of aromatic nitrogens is 2. The zero-order valence-electron chi connectivity index (χ0n) is 9.58. The largest absolute Gasteiger partial charge is 0.335 e. The van der Waals surface area contributed by atoms with Crippen LogP contribution in [-0.2, 0) is 6.54 Å². The average Bonchev–Trinajstić information content (AvgIpc) is 2.51. The Kier molecular flexibility index (Phi) is 6.10. The number of thioether (sulfide) groups is 1. The molecule has 15 heavy (non-hydrogen) atoms. The second-order valence-corrected chi connectivity index (χ2v) is 5.21. The van der Waals surface area contributed by atoms with Crippen LogP contribution in [0.1, 0.15) is 31.4 Å². The first-order valence-electron chi connectivity index (χ1n) is 5.49. The van der Waals surface area contributed by atoms with Crippen molar-refractivity contribution >= 4 is 24.0 Å². The maximum Gasteiger partial charge on any atom is 0.177 e. The SMILES string of the molecule is CSCCCCCCn1cc(C)[nH]c1=S. The first-order valence-corrected chi connectivity index (χ1v) is 7.29. The molecule has 0 unspecified atom stereocenters. The van der Waals surface area contributed by atoms with Crippen LogP contribution in [0.3, 0.4) is 0 Å². The molecule has 1 rings (SSSR count). The molecule has 0 saturated heterocycles. The van der Waals surface area contributed by atoms with Crippen molar-refractivity contribution in [3.05, 3.63) is 16.7 Å². The molecule has 0 amide bonds. The first-order chi connectivity index (χ1) is 7.24. The van der Waals surface area contributed by atoms with Gasteiger partial charge in [0.2, 0.25) is 0 Å². The highest BCUT2D eigenvalue weighted by molar-refractivity contribution is 7.98. The molecule has 0 aliphatic rings. The fourth-order valence-electron chi connectivity index (χ4n) is 1.61. The molecular weight excluding hydrogens is 224 g/mol. The van der Waals surface area contributed by atoms with Gasteiger partial charge in [-0.05, 0) is 44.0 Å². The van der Waals surface area contributed by atoms with Gasteiger partial charge in [0.05, 0.1) is 0 Å². The summed E-state index contributed by atoms with van der Waals surface area (Å²) in [7, 11) is 0. The molecule has 0 spiro atoms. The summed E-state index contributed by atoms with van der Waals surface area (Å²) < 4.78 is 3.00. The van der Waals surface area contributed by atoms with Crippen LogP contribution < -0.4 is 0 Å². The third-order valence-electron chi connectivity index (χ3n) is 2.41. The number of H-pyrrole nitrogens is 1. The fourth-order valence-corrected chi connectivity index (χ4v) is 2.41. The van der Waals surface area contributed by atoms with E-state index < -0.39 is 0 Å². The van der Waals surface area contributed by atoms with E-state index in [4.69, 9.17) is 12.2 Å². The molecule has 0 saturated carbocycles. The van der Waals surface area contributed by atoms with Crippen LogP contribution in [0.4, 0.5) is 0 Å². The molecule has 1 N–H and O–H groups in total. The number of hydrogen-bond acceptors (Lipinski definition) is 2. The highest BCUT2D eigenvalue weighted by Crippen LogP contribution is 2.06. The van der Waals surface area contributed by atoms with Crippen molar-refractivity contribution in [3.63, 3.8) is 0 Å². The van der Waals surface area contributed by atoms with Gasteiger partial charge in [-0.1, -0.05) is 12.8 Å². The Morgan fingerprint density at radius 2 is 2.07 bits per heavy atom. The summed E-state index contributed by atoms with van der Waals surface area (Å²) in [6.45, 7) is 3.10. The number of aryl methyl sites for hydroxylation is 2. The molecule has 1 aromatic rings. The van der Waals surface area contributed by atoms with Crippen LogP contribution >= 0.6 is 24.0 Å². The van der Waals surface area contributed by atoms with E-state index in [0.717, 1.165) is 17.0 Å². The summed E-state index contributed by atoms with van der Waals surface area (Å²) in [4.78, 5) is 3.14. The zero-order chi connectivity index (χ0) is 11.1. The second kappa shape index (κ2) is 7.12. The van der Waals surface area contributed by atoms with Gasteiger partial charge in [-0.25, -0.2) is 0 Å². The topological polar surface area (TPSA) is 20.7 Å². The smallest absolute Gasteiger partial charge is 0.177 e. The van der Waals surface area contributed by atoms with E-state index in [1.54, 1.807) is 0 Å². The van der Waals surface area contributed by atoms with Crippen LogP contribution in [0, 0.1) is 11.7 Å². The van der Waals surface area contributed by atoms with E-state index in [0.29, 0.717) is 0 Å². The summed E-state index contributed by atoms with van der Waals surface area (Å²) in [6.07, 6.45) is 9.51. The van der Waals surface area contributed by atoms with Crippen LogP contribution in [0.15, 0.2) is 6.20 Å². The molecule has 1 aromatic heterocycles. The van der Waals surface area contributed by atoms with Gasteiger partial charge in [0.1, 0.15) is 0 Å². The number of nitrogens with zero attached hydrogens (tertiary/aromatic N) is 1. The van der Waals surface area contributed by atoms with Crippen LogP contribution in [0.2, 0.25) is 0 Å². The van der Waals surface area contributed by atoms with Gasteiger partial charge in [-0.15, -0.1) is 0 Å². The minimum Gasteiger partial charge on any atom is -0.335 e. The van der Waals surface area contributed by atoms with Crippen molar-refractivity contribution in [3.8, 4) is 0 Å². The maximum absolute atomic E-state index is 5.20. The molecule has 86 valence electrons. The quantitative estimate of drug-likeness (QED) is 0.582. The van der Waals surface area contributed by atoms with Gasteiger partial charge in [-0.2, -0.15) is 11.8 Å². The Morgan fingerprint density at radius 3 is 2.67 bits per heavy atom. The highest BCUT2D eigenvalue weighted by Gasteiger charge is 1.96. The second-order valence-electron chi connectivity index (χ2n) is 3.84. The lowest BCUT2D eigenvalue weighted by Gasteiger charge is -2.02. The maximum atomic E-state index is 5.20. The Labute approximate surface area is 101 Å². The van der Waals surface area contributed by atoms with Crippen molar-refractivity contribution in [2.24, 2.45) is 0 Å². The molecule has 4 heteroatoms. The van der Waals surface area contributed by atoms with Crippen LogP contribution in [0.5, 0.6) is 0 Å². The van der Waals surface area contributed by atoms with Gasteiger partial charge >= 0.3 is 0 Å². The van der Waals surface area contributed by atoms with E-state index in [1.165, 1.54) is 31.4 Å². The summed E-state index contributed by atoms with van der Waals surface area (Å²) in [5.41, 5.74) is 1.15. The van der Waals surface area contributed by atoms with Gasteiger partial charge in [0, 0.05) is 18.4 Å². The predicted octanol–water partition coefficient (Wildman–Crippen LogP) is 3.78. The molecule has 0 atom stereocenters. The predicted molar refractivity (Wildman–Crippen MR) is 71.2 cm³/mol.